The molecule has 11 heavy (non-hydrogen) atoms. The lowest BCUT2D eigenvalue weighted by atomic mass is 9.80. The molecule has 0 bridgehead atoms. The maximum atomic E-state index is 5.63. The smallest absolute Gasteiger partial charge is 0.409 e. The van der Waals surface area contributed by atoms with Crippen molar-refractivity contribution in [3.05, 3.63) is 24.3 Å². The van der Waals surface area contributed by atoms with Crippen LogP contribution in [0.5, 0.6) is 0 Å². The summed E-state index contributed by atoms with van der Waals surface area (Å²) in [5.74, 6) is 1.99. The molecule has 0 atom stereocenters. The first-order valence-corrected chi connectivity index (χ1v) is 3.85. The normalized spacial score (nSPS) is 16.8. The van der Waals surface area contributed by atoms with Crippen LogP contribution < -0.4 is 5.23 Å². The summed E-state index contributed by atoms with van der Waals surface area (Å²) in [6.07, 6.45) is 5.81. The van der Waals surface area contributed by atoms with Crippen molar-refractivity contribution in [1.29, 1.82) is 0 Å². The van der Waals surface area contributed by atoms with Crippen molar-refractivity contribution in [2.75, 3.05) is 0 Å². The summed E-state index contributed by atoms with van der Waals surface area (Å²) in [6.45, 7) is 6.13. The summed E-state index contributed by atoms with van der Waals surface area (Å²) in [4.78, 5) is 0. The van der Waals surface area contributed by atoms with E-state index in [-0.39, 0.29) is 12.7 Å². The Bertz CT molecular complexity index is 181. The average Bonchev–Trinajstić information content (AvgIpc) is 1.85. The molecule has 0 aliphatic carbocycles. The third-order valence-corrected chi connectivity index (χ3v) is 1.23. The van der Waals surface area contributed by atoms with Gasteiger partial charge in [-0.15, -0.1) is 0 Å². The van der Waals surface area contributed by atoms with Crippen molar-refractivity contribution in [3.8, 4) is 0 Å². The number of allylic oxidation sites excluding steroid dienone is 2. The van der Waals surface area contributed by atoms with E-state index >= 15 is 0 Å². The predicted molar refractivity (Wildman–Crippen MR) is 48.0 cm³/mol. The molecular formula is C8H14BNO. The first kappa shape index (κ1) is 8.40. The summed E-state index contributed by atoms with van der Waals surface area (Å²) in [7, 11) is 0.0278. The Morgan fingerprint density at radius 3 is 2.45 bits per heavy atom. The second-order valence-corrected chi connectivity index (χ2v) is 3.56. The molecule has 0 aromatic carbocycles. The fraction of sp³-hybridized carbons (Fsp3) is 0.500. The molecule has 1 aliphatic heterocycles. The van der Waals surface area contributed by atoms with E-state index in [4.69, 9.17) is 4.65 Å². The van der Waals surface area contributed by atoms with Crippen molar-refractivity contribution < 1.29 is 4.65 Å². The number of hydrogen-bond acceptors (Lipinski definition) is 2. The minimum atomic E-state index is -0.0901. The third-order valence-electron chi connectivity index (χ3n) is 1.23. The highest BCUT2D eigenvalue weighted by atomic mass is 16.5. The molecule has 1 N–H and O–H groups in total. The summed E-state index contributed by atoms with van der Waals surface area (Å²) < 4.78 is 5.63. The number of hydrogen-bond donors (Lipinski definition) is 1. The van der Waals surface area contributed by atoms with E-state index in [0.717, 1.165) is 0 Å². The Hall–Kier alpha value is -0.695. The van der Waals surface area contributed by atoms with Gasteiger partial charge >= 0.3 is 7.05 Å². The fourth-order valence-corrected chi connectivity index (χ4v) is 0.881. The molecule has 0 saturated carbocycles. The number of nitrogens with one attached hydrogen (secondary N) is 1. The maximum absolute atomic E-state index is 5.63. The van der Waals surface area contributed by atoms with Gasteiger partial charge in [0.25, 0.3) is 0 Å². The molecule has 0 aromatic rings. The molecule has 0 saturated heterocycles. The van der Waals surface area contributed by atoms with Gasteiger partial charge in [0.1, 0.15) is 0 Å². The first-order chi connectivity index (χ1) is 5.08. The zero-order chi connectivity index (χ0) is 8.32. The highest BCUT2D eigenvalue weighted by Gasteiger charge is 2.20. The van der Waals surface area contributed by atoms with Gasteiger partial charge in [-0.25, -0.2) is 0 Å². The van der Waals surface area contributed by atoms with Crippen molar-refractivity contribution in [2.24, 2.45) is 0 Å². The van der Waals surface area contributed by atoms with E-state index in [1.165, 1.54) is 0 Å². The van der Waals surface area contributed by atoms with Crippen molar-refractivity contribution in [1.82, 2.24) is 5.23 Å². The fourth-order valence-electron chi connectivity index (χ4n) is 0.881. The van der Waals surface area contributed by atoms with Gasteiger partial charge in [0.05, 0.1) is 0 Å². The number of rotatable bonds is 1. The molecule has 0 fully saturated rings. The Kier molecular flexibility index (Phi) is 2.40. The Morgan fingerprint density at radius 1 is 1.27 bits per heavy atom. The minimum absolute atomic E-state index is 0.0278. The zero-order valence-electron chi connectivity index (χ0n) is 7.29. The molecule has 1 rings (SSSR count). The van der Waals surface area contributed by atoms with E-state index in [0.29, 0.717) is 0 Å². The molecule has 0 spiro atoms. The molecular weight excluding hydrogens is 137 g/mol. The lowest BCUT2D eigenvalue weighted by Gasteiger charge is -2.24. The Morgan fingerprint density at radius 2 is 2.00 bits per heavy atom. The van der Waals surface area contributed by atoms with Crippen LogP contribution >= 0.6 is 0 Å². The van der Waals surface area contributed by atoms with Crippen LogP contribution in [0, 0.1) is 0 Å². The lowest BCUT2D eigenvalue weighted by molar-refractivity contribution is 0.129. The van der Waals surface area contributed by atoms with Crippen LogP contribution in [0.1, 0.15) is 20.8 Å². The zero-order valence-corrected chi connectivity index (χ0v) is 7.29. The van der Waals surface area contributed by atoms with E-state index < -0.39 is 0 Å². The molecule has 0 aromatic heterocycles. The van der Waals surface area contributed by atoms with Crippen molar-refractivity contribution in [2.45, 2.75) is 26.4 Å². The largest absolute Gasteiger partial charge is 0.441 e. The molecule has 0 amide bonds. The molecule has 60 valence electrons. The van der Waals surface area contributed by atoms with Gasteiger partial charge in [-0.05, 0) is 33.0 Å². The highest BCUT2D eigenvalue weighted by molar-refractivity contribution is 6.55. The molecule has 2 nitrogen and oxygen atoms in total. The maximum Gasteiger partial charge on any atom is 0.441 e. The van der Waals surface area contributed by atoms with Crippen LogP contribution in [0.4, 0.5) is 0 Å². The summed E-state index contributed by atoms with van der Waals surface area (Å²) >= 11 is 0. The lowest BCUT2D eigenvalue weighted by Crippen LogP contribution is -2.39. The van der Waals surface area contributed by atoms with Crippen molar-refractivity contribution >= 4 is 7.05 Å². The van der Waals surface area contributed by atoms with Crippen LogP contribution in [0.25, 0.3) is 0 Å². The molecule has 0 radical (unpaired) electrons. The van der Waals surface area contributed by atoms with Crippen LogP contribution in [-0.4, -0.2) is 12.7 Å². The Labute approximate surface area is 68.5 Å². The summed E-state index contributed by atoms with van der Waals surface area (Å²) in [6, 6.07) is 0. The van der Waals surface area contributed by atoms with Gasteiger partial charge in [0.15, 0.2) is 0 Å². The topological polar surface area (TPSA) is 21.3 Å². The van der Waals surface area contributed by atoms with Crippen LogP contribution in [0.3, 0.4) is 0 Å². The second kappa shape index (κ2) is 3.14. The van der Waals surface area contributed by atoms with E-state index in [9.17, 15) is 0 Å². The minimum Gasteiger partial charge on any atom is -0.409 e. The van der Waals surface area contributed by atoms with E-state index in [1.54, 1.807) is 0 Å². The summed E-state index contributed by atoms with van der Waals surface area (Å²) in [5.41, 5.74) is -0.0901. The monoisotopic (exact) mass is 151 g/mol. The van der Waals surface area contributed by atoms with Gasteiger partial charge in [0.2, 0.25) is 0 Å². The third kappa shape index (κ3) is 3.28. The molecule has 0 unspecified atom stereocenters. The first-order valence-electron chi connectivity index (χ1n) is 3.85. The molecule has 1 aliphatic rings. The van der Waals surface area contributed by atoms with Crippen molar-refractivity contribution in [3.63, 3.8) is 0 Å². The molecule has 1 heterocycles. The second-order valence-electron chi connectivity index (χ2n) is 3.56. The van der Waals surface area contributed by atoms with Gasteiger partial charge in [-0.1, -0.05) is 12.1 Å². The van der Waals surface area contributed by atoms with Gasteiger partial charge in [-0.3, -0.25) is 0 Å². The van der Waals surface area contributed by atoms with Crippen LogP contribution in [0.15, 0.2) is 24.3 Å². The van der Waals surface area contributed by atoms with Crippen LogP contribution in [-0.2, 0) is 4.65 Å². The van der Waals surface area contributed by atoms with E-state index in [2.05, 4.69) is 5.23 Å². The van der Waals surface area contributed by atoms with Gasteiger partial charge in [-0.2, -0.15) is 0 Å². The quantitative estimate of drug-likeness (QED) is 0.573. The standard InChI is InChI=1S/C8H14BNO/c1-8(2,3)11-9-6-4-5-7-10-9/h4-7,10H,1-3H3. The van der Waals surface area contributed by atoms with E-state index in [1.807, 2.05) is 45.1 Å². The predicted octanol–water partition coefficient (Wildman–Crippen LogP) is 1.50. The molecule has 3 heteroatoms. The SMILES string of the molecule is CC(C)(C)OB1C=CC=CN1. The van der Waals surface area contributed by atoms with Gasteiger partial charge in [0, 0.05) is 5.60 Å². The Balaban J connectivity index is 2.39. The van der Waals surface area contributed by atoms with Gasteiger partial charge < -0.3 is 9.88 Å². The average molecular weight is 151 g/mol. The highest BCUT2D eigenvalue weighted by Crippen LogP contribution is 2.09. The summed E-state index contributed by atoms with van der Waals surface area (Å²) in [5, 5.41) is 3.09. The van der Waals surface area contributed by atoms with Crippen LogP contribution in [0.2, 0.25) is 0 Å².